The fraction of sp³-hybridized carbons (Fsp3) is 0.571. The third-order valence-electron chi connectivity index (χ3n) is 1.82. The first-order chi connectivity index (χ1) is 5.27. The first-order valence-corrected chi connectivity index (χ1v) is 3.42. The molecule has 2 atom stereocenters. The monoisotopic (exact) mass is 161 g/mol. The Morgan fingerprint density at radius 1 is 1.64 bits per heavy atom. The summed E-state index contributed by atoms with van der Waals surface area (Å²) in [5, 5.41) is 2.76. The van der Waals surface area contributed by atoms with Crippen LogP contribution in [-0.2, 0) is 4.79 Å². The number of aldehydes is 1. The van der Waals surface area contributed by atoms with E-state index in [1.807, 2.05) is 0 Å². The molecule has 0 saturated carbocycles. The zero-order chi connectivity index (χ0) is 8.27. The van der Waals surface area contributed by atoms with Gasteiger partial charge in [0.25, 0.3) is 0 Å². The highest BCUT2D eigenvalue weighted by Gasteiger charge is 2.26. The molecule has 0 aromatic carbocycles. The molecule has 0 amide bonds. The number of rotatable bonds is 2. The van der Waals surface area contributed by atoms with Crippen molar-refractivity contribution >= 4 is 6.29 Å². The van der Waals surface area contributed by atoms with Gasteiger partial charge in [0.05, 0.1) is 6.04 Å². The summed E-state index contributed by atoms with van der Waals surface area (Å²) in [6.45, 7) is 0.343. The predicted octanol–water partition coefficient (Wildman–Crippen LogP) is 0.944. The molecule has 0 radical (unpaired) electrons. The minimum Gasteiger partial charge on any atom is -0.307 e. The topological polar surface area (TPSA) is 29.1 Å². The van der Waals surface area contributed by atoms with Crippen LogP contribution in [0.4, 0.5) is 8.78 Å². The third-order valence-corrected chi connectivity index (χ3v) is 1.82. The Balaban J connectivity index is 2.47. The van der Waals surface area contributed by atoms with Gasteiger partial charge in [-0.3, -0.25) is 0 Å². The second-order valence-electron chi connectivity index (χ2n) is 2.58. The number of carbonyl (C=O) groups is 1. The van der Waals surface area contributed by atoms with Crippen LogP contribution in [0.1, 0.15) is 6.42 Å². The van der Waals surface area contributed by atoms with Gasteiger partial charge >= 0.3 is 0 Å². The lowest BCUT2D eigenvalue weighted by atomic mass is 10.1. The summed E-state index contributed by atoms with van der Waals surface area (Å²) in [6, 6.07) is -0.314. The quantitative estimate of drug-likeness (QED) is 0.611. The Bertz CT molecular complexity index is 181. The smallest absolute Gasteiger partial charge is 0.136 e. The van der Waals surface area contributed by atoms with Crippen LogP contribution in [0.5, 0.6) is 0 Å². The van der Waals surface area contributed by atoms with Crippen LogP contribution in [0.25, 0.3) is 0 Å². The molecule has 1 fully saturated rings. The fourth-order valence-corrected chi connectivity index (χ4v) is 1.17. The van der Waals surface area contributed by atoms with Crippen LogP contribution in [0.2, 0.25) is 0 Å². The van der Waals surface area contributed by atoms with Gasteiger partial charge in [-0.25, -0.2) is 8.78 Å². The lowest BCUT2D eigenvalue weighted by molar-refractivity contribution is -0.109. The second-order valence-corrected chi connectivity index (χ2v) is 2.58. The van der Waals surface area contributed by atoms with Crippen molar-refractivity contribution in [3.05, 3.63) is 12.2 Å². The number of hydrogen-bond acceptors (Lipinski definition) is 2. The Morgan fingerprint density at radius 2 is 2.36 bits per heavy atom. The van der Waals surface area contributed by atoms with Crippen molar-refractivity contribution < 1.29 is 13.6 Å². The molecule has 11 heavy (non-hydrogen) atoms. The third kappa shape index (κ3) is 1.83. The van der Waals surface area contributed by atoms with Crippen LogP contribution in [-0.4, -0.2) is 18.9 Å². The molecule has 1 saturated heterocycles. The highest BCUT2D eigenvalue weighted by atomic mass is 19.2. The minimum atomic E-state index is -0.776. The molecule has 1 heterocycles. The average Bonchev–Trinajstić information content (AvgIpc) is 2.50. The van der Waals surface area contributed by atoms with Gasteiger partial charge in [0, 0.05) is 12.5 Å². The maximum atomic E-state index is 12.5. The molecule has 0 aromatic rings. The number of carbonyl (C=O) groups excluding carboxylic acids is 1. The average molecular weight is 161 g/mol. The molecule has 1 aliphatic rings. The molecule has 1 rings (SSSR count). The molecule has 0 aliphatic carbocycles. The van der Waals surface area contributed by atoms with E-state index in [1.165, 1.54) is 0 Å². The maximum absolute atomic E-state index is 12.5. The summed E-state index contributed by atoms with van der Waals surface area (Å²) in [5.74, 6) is -1.24. The normalized spacial score (nSPS) is 32.4. The molecule has 1 aliphatic heterocycles. The standard InChI is InChI=1S/C7H9F2NO/c8-2-7(9)5-1-6(4-11)10-3-5/h2,4-6,10H,1,3H2/t5-,6?/m1/s1. The van der Waals surface area contributed by atoms with Crippen molar-refractivity contribution in [1.29, 1.82) is 0 Å². The molecular weight excluding hydrogens is 152 g/mol. The van der Waals surface area contributed by atoms with Gasteiger partial charge in [0.1, 0.15) is 18.4 Å². The van der Waals surface area contributed by atoms with Crippen molar-refractivity contribution in [3.8, 4) is 0 Å². The Morgan fingerprint density at radius 3 is 2.82 bits per heavy atom. The van der Waals surface area contributed by atoms with Gasteiger partial charge in [-0.05, 0) is 6.42 Å². The summed E-state index contributed by atoms with van der Waals surface area (Å²) in [7, 11) is 0. The van der Waals surface area contributed by atoms with Gasteiger partial charge in [-0.2, -0.15) is 0 Å². The van der Waals surface area contributed by atoms with E-state index < -0.39 is 11.7 Å². The number of halogens is 2. The lowest BCUT2D eigenvalue weighted by Crippen LogP contribution is -2.22. The van der Waals surface area contributed by atoms with E-state index in [-0.39, 0.29) is 12.4 Å². The molecule has 62 valence electrons. The van der Waals surface area contributed by atoms with Gasteiger partial charge in [-0.1, -0.05) is 0 Å². The van der Waals surface area contributed by atoms with Crippen LogP contribution in [0.15, 0.2) is 12.2 Å². The van der Waals surface area contributed by atoms with Gasteiger partial charge in [0.2, 0.25) is 0 Å². The van der Waals surface area contributed by atoms with E-state index in [4.69, 9.17) is 0 Å². The van der Waals surface area contributed by atoms with Crippen LogP contribution < -0.4 is 5.32 Å². The molecule has 2 nitrogen and oxygen atoms in total. The lowest BCUT2D eigenvalue weighted by Gasteiger charge is -2.01. The summed E-state index contributed by atoms with van der Waals surface area (Å²) >= 11 is 0. The molecular formula is C7H9F2NO. The van der Waals surface area contributed by atoms with Crippen LogP contribution in [0, 0.1) is 5.92 Å². The second kappa shape index (κ2) is 3.57. The molecule has 0 aromatic heterocycles. The number of hydrogen-bond donors (Lipinski definition) is 1. The Labute approximate surface area is 63.3 Å². The first-order valence-electron chi connectivity index (χ1n) is 3.42. The van der Waals surface area contributed by atoms with Crippen molar-refractivity contribution in [1.82, 2.24) is 5.32 Å². The van der Waals surface area contributed by atoms with Crippen molar-refractivity contribution in [2.24, 2.45) is 5.92 Å². The number of nitrogens with one attached hydrogen (secondary N) is 1. The van der Waals surface area contributed by atoms with Crippen LogP contribution >= 0.6 is 0 Å². The molecule has 1 N–H and O–H groups in total. The zero-order valence-corrected chi connectivity index (χ0v) is 5.89. The highest BCUT2D eigenvalue weighted by molar-refractivity contribution is 5.58. The summed E-state index contributed by atoms with van der Waals surface area (Å²) in [4.78, 5) is 10.2. The molecule has 0 bridgehead atoms. The van der Waals surface area contributed by atoms with Gasteiger partial charge in [0.15, 0.2) is 0 Å². The predicted molar refractivity (Wildman–Crippen MR) is 36.3 cm³/mol. The van der Waals surface area contributed by atoms with Gasteiger partial charge in [-0.15, -0.1) is 0 Å². The van der Waals surface area contributed by atoms with E-state index in [0.29, 0.717) is 19.3 Å². The van der Waals surface area contributed by atoms with E-state index in [9.17, 15) is 13.6 Å². The summed E-state index contributed by atoms with van der Waals surface area (Å²) in [6.07, 6.45) is 1.03. The van der Waals surface area contributed by atoms with Crippen molar-refractivity contribution in [2.75, 3.05) is 6.54 Å². The highest BCUT2D eigenvalue weighted by Crippen LogP contribution is 2.22. The van der Waals surface area contributed by atoms with Crippen molar-refractivity contribution in [2.45, 2.75) is 12.5 Å². The zero-order valence-electron chi connectivity index (χ0n) is 5.89. The van der Waals surface area contributed by atoms with E-state index in [2.05, 4.69) is 5.32 Å². The largest absolute Gasteiger partial charge is 0.307 e. The van der Waals surface area contributed by atoms with E-state index in [1.54, 1.807) is 0 Å². The maximum Gasteiger partial charge on any atom is 0.136 e. The SMILES string of the molecule is O=CC1C[C@@H](C(F)=CF)CN1. The summed E-state index contributed by atoms with van der Waals surface area (Å²) in [5.41, 5.74) is 0. The van der Waals surface area contributed by atoms with Crippen LogP contribution in [0.3, 0.4) is 0 Å². The van der Waals surface area contributed by atoms with Gasteiger partial charge < -0.3 is 10.1 Å². The van der Waals surface area contributed by atoms with E-state index >= 15 is 0 Å². The van der Waals surface area contributed by atoms with E-state index in [0.717, 1.165) is 0 Å². The molecule has 0 spiro atoms. The Kier molecular flexibility index (Phi) is 2.70. The Hall–Kier alpha value is -0.770. The molecule has 1 unspecified atom stereocenters. The van der Waals surface area contributed by atoms with Crippen molar-refractivity contribution in [3.63, 3.8) is 0 Å². The molecule has 4 heteroatoms. The fourth-order valence-electron chi connectivity index (χ4n) is 1.17. The summed E-state index contributed by atoms with van der Waals surface area (Å²) < 4.78 is 24.1. The minimum absolute atomic E-state index is 0.0421. The first kappa shape index (κ1) is 8.33.